The molecule has 2 N–H and O–H groups in total. The number of nitrogens with one attached hydrogen (secondary N) is 2. The Morgan fingerprint density at radius 2 is 2.07 bits per heavy atom. The Balaban J connectivity index is 0.00000392. The van der Waals surface area contributed by atoms with Gasteiger partial charge in [-0.1, -0.05) is 0 Å². The highest BCUT2D eigenvalue weighted by Crippen LogP contribution is 2.30. The summed E-state index contributed by atoms with van der Waals surface area (Å²) in [7, 11) is 1.61. The van der Waals surface area contributed by atoms with Crippen LogP contribution in [-0.4, -0.2) is 54.5 Å². The molecular formula is C17H27F3IN5OS. The number of alkyl halides is 3. The lowest BCUT2D eigenvalue weighted by molar-refractivity contribution is -0.140. The molecule has 160 valence electrons. The third-order valence-electron chi connectivity index (χ3n) is 4.45. The molecule has 1 aliphatic rings. The molecule has 1 unspecified atom stereocenters. The van der Waals surface area contributed by atoms with E-state index in [2.05, 4.69) is 27.5 Å². The Bertz CT molecular complexity index is 653. The number of carbonyl (C=O) groups excluding carboxylic acids is 1. The minimum absolute atomic E-state index is 0. The molecule has 0 radical (unpaired) electrons. The summed E-state index contributed by atoms with van der Waals surface area (Å²) < 4.78 is 37.6. The first-order chi connectivity index (χ1) is 12.8. The van der Waals surface area contributed by atoms with E-state index in [9.17, 15) is 18.0 Å². The molecule has 1 saturated heterocycles. The van der Waals surface area contributed by atoms with Gasteiger partial charge in [-0.2, -0.15) is 13.2 Å². The first-order valence-corrected chi connectivity index (χ1v) is 9.95. The van der Waals surface area contributed by atoms with Crippen LogP contribution in [0.2, 0.25) is 0 Å². The number of piperidine rings is 1. The van der Waals surface area contributed by atoms with Gasteiger partial charge in [0.1, 0.15) is 0 Å². The highest BCUT2D eigenvalue weighted by molar-refractivity contribution is 14.0. The van der Waals surface area contributed by atoms with E-state index in [0.29, 0.717) is 42.9 Å². The van der Waals surface area contributed by atoms with Gasteiger partial charge in [0.25, 0.3) is 0 Å². The van der Waals surface area contributed by atoms with Crippen molar-refractivity contribution in [1.29, 1.82) is 0 Å². The molecule has 0 spiro atoms. The summed E-state index contributed by atoms with van der Waals surface area (Å²) in [5, 5.41) is 7.53. The van der Waals surface area contributed by atoms with Gasteiger partial charge in [-0.25, -0.2) is 4.98 Å². The average molecular weight is 533 g/mol. The molecular weight excluding hydrogens is 506 g/mol. The van der Waals surface area contributed by atoms with Gasteiger partial charge in [0.15, 0.2) is 11.7 Å². The van der Waals surface area contributed by atoms with Crippen LogP contribution in [0.3, 0.4) is 0 Å². The Morgan fingerprint density at radius 1 is 1.36 bits per heavy atom. The molecule has 0 bridgehead atoms. The summed E-state index contributed by atoms with van der Waals surface area (Å²) >= 11 is 0.992. The number of hydrogen-bond donors (Lipinski definition) is 2. The van der Waals surface area contributed by atoms with Gasteiger partial charge in [0, 0.05) is 50.9 Å². The molecule has 1 atom stereocenters. The van der Waals surface area contributed by atoms with Crippen molar-refractivity contribution >= 4 is 47.2 Å². The van der Waals surface area contributed by atoms with Crippen molar-refractivity contribution in [2.75, 3.05) is 26.7 Å². The summed E-state index contributed by atoms with van der Waals surface area (Å²) in [5.74, 6) is 0.648. The second-order valence-corrected chi connectivity index (χ2v) is 7.42. The summed E-state index contributed by atoms with van der Waals surface area (Å²) in [5.41, 5.74) is -0.851. The highest BCUT2D eigenvalue weighted by Gasteiger charge is 2.33. The molecule has 1 fully saturated rings. The number of guanidine groups is 1. The summed E-state index contributed by atoms with van der Waals surface area (Å²) in [4.78, 5) is 21.9. The van der Waals surface area contributed by atoms with E-state index in [1.54, 1.807) is 7.05 Å². The van der Waals surface area contributed by atoms with Crippen LogP contribution in [0.5, 0.6) is 0 Å². The van der Waals surface area contributed by atoms with Crippen LogP contribution in [-0.2, 0) is 17.4 Å². The van der Waals surface area contributed by atoms with Crippen LogP contribution in [0.25, 0.3) is 0 Å². The summed E-state index contributed by atoms with van der Waals surface area (Å²) in [6, 6.07) is 0.295. The fourth-order valence-electron chi connectivity index (χ4n) is 2.96. The summed E-state index contributed by atoms with van der Waals surface area (Å²) in [6.07, 6.45) is -0.381. The molecule has 28 heavy (non-hydrogen) atoms. The minimum atomic E-state index is -4.40. The number of amides is 1. The highest BCUT2D eigenvalue weighted by atomic mass is 127. The number of aromatic nitrogens is 1. The van der Waals surface area contributed by atoms with Crippen molar-refractivity contribution in [3.05, 3.63) is 16.1 Å². The lowest BCUT2D eigenvalue weighted by atomic mass is 10.0. The Hall–Kier alpha value is -1.11. The number of hydrogen-bond acceptors (Lipinski definition) is 4. The molecule has 2 heterocycles. The van der Waals surface area contributed by atoms with Crippen LogP contribution in [0.1, 0.15) is 43.3 Å². The Morgan fingerprint density at radius 3 is 2.68 bits per heavy atom. The second kappa shape index (κ2) is 11.8. The van der Waals surface area contributed by atoms with Crippen molar-refractivity contribution in [2.45, 2.75) is 51.2 Å². The largest absolute Gasteiger partial charge is 0.434 e. The van der Waals surface area contributed by atoms with Gasteiger partial charge in [-0.05, 0) is 26.2 Å². The molecule has 2 rings (SSSR count). The van der Waals surface area contributed by atoms with Gasteiger partial charge in [-0.3, -0.25) is 9.79 Å². The van der Waals surface area contributed by atoms with E-state index in [0.717, 1.165) is 36.1 Å². The smallest absolute Gasteiger partial charge is 0.356 e. The van der Waals surface area contributed by atoms with Crippen LogP contribution in [0.4, 0.5) is 13.2 Å². The third-order valence-corrected chi connectivity index (χ3v) is 5.36. The van der Waals surface area contributed by atoms with Crippen molar-refractivity contribution in [2.24, 2.45) is 4.99 Å². The van der Waals surface area contributed by atoms with Crippen molar-refractivity contribution in [3.63, 3.8) is 0 Å². The van der Waals surface area contributed by atoms with Gasteiger partial charge in [-0.15, -0.1) is 35.3 Å². The topological polar surface area (TPSA) is 69.6 Å². The standard InChI is InChI=1S/C17H26F3N5OS.HI/c1-12-5-3-4-10-25(12)15(26)7-9-23-16(21-2)22-8-6-14-24-13(11-27-14)17(18,19)20;/h11-12H,3-10H2,1-2H3,(H2,21,22,23);1H. The minimum Gasteiger partial charge on any atom is -0.356 e. The monoisotopic (exact) mass is 533 g/mol. The maximum atomic E-state index is 12.5. The molecule has 1 aliphatic heterocycles. The normalized spacial score (nSPS) is 17.8. The van der Waals surface area contributed by atoms with E-state index in [-0.39, 0.29) is 29.9 Å². The van der Waals surface area contributed by atoms with Crippen LogP contribution >= 0.6 is 35.3 Å². The number of thiazole rings is 1. The van der Waals surface area contributed by atoms with Gasteiger partial charge in [0.05, 0.1) is 5.01 Å². The lowest BCUT2D eigenvalue weighted by Crippen LogP contribution is -2.44. The van der Waals surface area contributed by atoms with Crippen molar-refractivity contribution < 1.29 is 18.0 Å². The predicted molar refractivity (Wildman–Crippen MR) is 115 cm³/mol. The Kier molecular flexibility index (Phi) is 10.5. The molecule has 1 amide bonds. The maximum Gasteiger partial charge on any atom is 0.434 e. The molecule has 1 aromatic heterocycles. The maximum absolute atomic E-state index is 12.5. The lowest BCUT2D eigenvalue weighted by Gasteiger charge is -2.33. The second-order valence-electron chi connectivity index (χ2n) is 6.48. The molecule has 1 aromatic rings. The first-order valence-electron chi connectivity index (χ1n) is 9.07. The SMILES string of the molecule is CN=C(NCCC(=O)N1CCCCC1C)NCCc1nc(C(F)(F)F)cs1.I. The predicted octanol–water partition coefficient (Wildman–Crippen LogP) is 3.28. The molecule has 11 heteroatoms. The number of carbonyl (C=O) groups is 1. The fraction of sp³-hybridized carbons (Fsp3) is 0.706. The Labute approximate surface area is 184 Å². The van der Waals surface area contributed by atoms with E-state index in [4.69, 9.17) is 0 Å². The van der Waals surface area contributed by atoms with Gasteiger partial charge >= 0.3 is 6.18 Å². The van der Waals surface area contributed by atoms with Crippen LogP contribution in [0.15, 0.2) is 10.4 Å². The number of nitrogens with zero attached hydrogens (tertiary/aromatic N) is 3. The average Bonchev–Trinajstić information content (AvgIpc) is 3.10. The number of aliphatic imine (C=N–C) groups is 1. The van der Waals surface area contributed by atoms with Crippen molar-refractivity contribution in [1.82, 2.24) is 20.5 Å². The number of likely N-dealkylation sites (tertiary alicyclic amines) is 1. The zero-order valence-electron chi connectivity index (χ0n) is 16.0. The van der Waals surface area contributed by atoms with Gasteiger partial charge < -0.3 is 15.5 Å². The number of halogens is 4. The zero-order chi connectivity index (χ0) is 19.9. The molecule has 6 nitrogen and oxygen atoms in total. The molecule has 0 aromatic carbocycles. The quantitative estimate of drug-likeness (QED) is 0.335. The van der Waals surface area contributed by atoms with Gasteiger partial charge in [0.2, 0.25) is 5.91 Å². The van der Waals surface area contributed by atoms with Crippen LogP contribution in [0, 0.1) is 0 Å². The molecule has 0 saturated carbocycles. The third kappa shape index (κ3) is 7.72. The summed E-state index contributed by atoms with van der Waals surface area (Å²) in [6.45, 7) is 3.76. The van der Waals surface area contributed by atoms with E-state index >= 15 is 0 Å². The molecule has 0 aliphatic carbocycles. The van der Waals surface area contributed by atoms with E-state index in [1.807, 2.05) is 4.90 Å². The fourth-order valence-corrected chi connectivity index (χ4v) is 3.77. The number of rotatable bonds is 6. The van der Waals surface area contributed by atoms with E-state index < -0.39 is 11.9 Å². The van der Waals surface area contributed by atoms with E-state index in [1.165, 1.54) is 6.42 Å². The zero-order valence-corrected chi connectivity index (χ0v) is 19.2. The van der Waals surface area contributed by atoms with Crippen molar-refractivity contribution in [3.8, 4) is 0 Å². The first kappa shape index (κ1) is 24.9. The van der Waals surface area contributed by atoms with Crippen LogP contribution < -0.4 is 10.6 Å².